The first-order chi connectivity index (χ1) is 5.97. The van der Waals surface area contributed by atoms with E-state index >= 15 is 0 Å². The Hall–Kier alpha value is 1.60. The second-order valence-corrected chi connectivity index (χ2v) is 2.55. The maximum Gasteiger partial charge on any atom is 2.00 e. The molecule has 2 rings (SSSR count). The standard InChI is InChI=1S/C12H8.3U/c1-3-7-11(8-4-1)12-9-5-2-6-10-12;;;/h1-7,9H;;;/q-2;;;+2. The molecule has 0 spiro atoms. The average molecular weight is 866 g/mol. The molecule has 0 aliphatic heterocycles. The summed E-state index contributed by atoms with van der Waals surface area (Å²) < 4.78 is 0. The molecule has 0 fully saturated rings. The van der Waals surface area contributed by atoms with Crippen molar-refractivity contribution < 1.29 is 93.3 Å². The van der Waals surface area contributed by atoms with E-state index in [-0.39, 0.29) is 93.3 Å². The smallest absolute Gasteiger partial charge is 0.226 e. The van der Waals surface area contributed by atoms with Gasteiger partial charge in [0, 0.05) is 62.2 Å². The van der Waals surface area contributed by atoms with E-state index in [1.165, 1.54) is 0 Å². The van der Waals surface area contributed by atoms with Crippen molar-refractivity contribution in [3.63, 3.8) is 0 Å². The molecule has 0 unspecified atom stereocenters. The van der Waals surface area contributed by atoms with Gasteiger partial charge in [-0.1, -0.05) is 0 Å². The Kier molecular flexibility index (Phi) is 13.6. The molecule has 0 saturated heterocycles. The van der Waals surface area contributed by atoms with E-state index in [2.05, 4.69) is 12.1 Å². The fraction of sp³-hybridized carbons (Fsp3) is 0. The van der Waals surface area contributed by atoms with Crippen LogP contribution in [0.3, 0.4) is 0 Å². The largest absolute Gasteiger partial charge is 2.00 e. The molecule has 0 saturated carbocycles. The number of benzene rings is 2. The summed E-state index contributed by atoms with van der Waals surface area (Å²) >= 11 is 0. The van der Waals surface area contributed by atoms with Gasteiger partial charge in [-0.15, -0.1) is 12.1 Å². The van der Waals surface area contributed by atoms with Crippen molar-refractivity contribution in [2.45, 2.75) is 0 Å². The molecule has 15 heavy (non-hydrogen) atoms. The van der Waals surface area contributed by atoms with E-state index in [0.29, 0.717) is 0 Å². The molecule has 0 aliphatic rings. The monoisotopic (exact) mass is 866 g/mol. The Morgan fingerprint density at radius 3 is 1.33 bits per heavy atom. The minimum Gasteiger partial charge on any atom is -0.226 e. The molecule has 0 heterocycles. The zero-order valence-electron chi connectivity index (χ0n) is 8.12. The Labute approximate surface area is 162 Å². The first-order valence-corrected chi connectivity index (χ1v) is 3.90. The Morgan fingerprint density at radius 1 is 0.667 bits per heavy atom. The summed E-state index contributed by atoms with van der Waals surface area (Å²) in [5.74, 6) is 0. The van der Waals surface area contributed by atoms with Crippen molar-refractivity contribution in [1.82, 2.24) is 0 Å². The summed E-state index contributed by atoms with van der Waals surface area (Å²) in [6.07, 6.45) is 0. The van der Waals surface area contributed by atoms with E-state index in [1.807, 2.05) is 48.5 Å². The zero-order valence-corrected chi connectivity index (χ0v) is 20.6. The molecule has 2 aromatic rings. The molecule has 0 nitrogen and oxygen atoms in total. The van der Waals surface area contributed by atoms with Gasteiger partial charge in [0.2, 0.25) is 0 Å². The van der Waals surface area contributed by atoms with Crippen molar-refractivity contribution in [2.24, 2.45) is 0 Å². The van der Waals surface area contributed by atoms with Gasteiger partial charge in [-0.25, -0.2) is 11.1 Å². The van der Waals surface area contributed by atoms with Crippen molar-refractivity contribution in [3.8, 4) is 11.1 Å². The number of rotatable bonds is 1. The van der Waals surface area contributed by atoms with Gasteiger partial charge in [0.1, 0.15) is 0 Å². The van der Waals surface area contributed by atoms with Crippen molar-refractivity contribution >= 4 is 0 Å². The van der Waals surface area contributed by atoms with Crippen LogP contribution < -0.4 is 0 Å². The van der Waals surface area contributed by atoms with E-state index in [1.54, 1.807) is 0 Å². The van der Waals surface area contributed by atoms with Gasteiger partial charge >= 0.3 is 31.1 Å². The van der Waals surface area contributed by atoms with Gasteiger partial charge < -0.3 is 0 Å². The fourth-order valence-corrected chi connectivity index (χ4v) is 1.12. The third-order valence-corrected chi connectivity index (χ3v) is 1.71. The molecule has 0 aromatic heterocycles. The van der Waals surface area contributed by atoms with Crippen LogP contribution in [-0.2, 0) is 0 Å². The van der Waals surface area contributed by atoms with E-state index in [9.17, 15) is 0 Å². The number of hydrogen-bond donors (Lipinski definition) is 0. The molecule has 0 amide bonds. The molecular weight excluding hydrogens is 858 g/mol. The Morgan fingerprint density at radius 2 is 1.07 bits per heavy atom. The van der Waals surface area contributed by atoms with Crippen molar-refractivity contribution in [1.29, 1.82) is 0 Å². The summed E-state index contributed by atoms with van der Waals surface area (Å²) in [4.78, 5) is 0. The molecule has 0 aliphatic carbocycles. The fourth-order valence-electron chi connectivity index (χ4n) is 1.12. The first kappa shape index (κ1) is 18.9. The van der Waals surface area contributed by atoms with Crippen LogP contribution in [0.2, 0.25) is 0 Å². The Balaban J connectivity index is 0. The normalized spacial score (nSPS) is 7.73. The van der Waals surface area contributed by atoms with Gasteiger partial charge in [-0.3, -0.25) is 0 Å². The van der Waals surface area contributed by atoms with E-state index in [4.69, 9.17) is 0 Å². The van der Waals surface area contributed by atoms with E-state index < -0.39 is 0 Å². The average Bonchev–Trinajstić information content (AvgIpc) is 2.21. The summed E-state index contributed by atoms with van der Waals surface area (Å²) in [7, 11) is 0. The quantitative estimate of drug-likeness (QED) is 0.388. The maximum absolute atomic E-state index is 3.15. The zero-order chi connectivity index (χ0) is 8.23. The van der Waals surface area contributed by atoms with Crippen LogP contribution in [0.15, 0.2) is 48.5 Å². The van der Waals surface area contributed by atoms with Crippen LogP contribution in [-0.4, -0.2) is 0 Å². The summed E-state index contributed by atoms with van der Waals surface area (Å²) in [6, 6.07) is 22.1. The van der Waals surface area contributed by atoms with Gasteiger partial charge in [-0.05, 0) is 0 Å². The van der Waals surface area contributed by atoms with Crippen molar-refractivity contribution in [3.05, 3.63) is 60.7 Å². The van der Waals surface area contributed by atoms with Gasteiger partial charge in [0.25, 0.3) is 0 Å². The Bertz CT molecular complexity index is 308. The molecular formula is C12H8U3. The van der Waals surface area contributed by atoms with Gasteiger partial charge in [0.15, 0.2) is 0 Å². The summed E-state index contributed by atoms with van der Waals surface area (Å²) in [5.41, 5.74) is 2.19. The predicted molar refractivity (Wildman–Crippen MR) is 49.6 cm³/mol. The van der Waals surface area contributed by atoms with Crippen molar-refractivity contribution in [2.75, 3.05) is 0 Å². The van der Waals surface area contributed by atoms with Crippen LogP contribution in [0, 0.1) is 105 Å². The molecule has 2 aromatic carbocycles. The molecule has 3 heteroatoms. The minimum atomic E-state index is 0. The van der Waals surface area contributed by atoms with Gasteiger partial charge in [0.05, 0.1) is 0 Å². The molecule has 0 bridgehead atoms. The van der Waals surface area contributed by atoms with Crippen LogP contribution in [0.1, 0.15) is 0 Å². The molecule has 0 radical (unpaired) electrons. The predicted octanol–water partition coefficient (Wildman–Crippen LogP) is 2.95. The summed E-state index contributed by atoms with van der Waals surface area (Å²) in [5, 5.41) is 0. The molecule has 0 atom stereocenters. The number of hydrogen-bond acceptors (Lipinski definition) is 0. The van der Waals surface area contributed by atoms with Crippen LogP contribution in [0.25, 0.3) is 11.1 Å². The maximum atomic E-state index is 3.15. The molecule has 68 valence electrons. The first-order valence-electron chi connectivity index (χ1n) is 3.90. The topological polar surface area (TPSA) is 0 Å². The molecule has 0 N–H and O–H groups in total. The minimum absolute atomic E-state index is 0. The van der Waals surface area contributed by atoms with Gasteiger partial charge in [-0.2, -0.15) is 48.5 Å². The van der Waals surface area contributed by atoms with Crippen LogP contribution in [0.5, 0.6) is 0 Å². The SMILES string of the molecule is [U+2].[U].[U].[c-]1ccccc1-c1[c-]cccc1. The second-order valence-electron chi connectivity index (χ2n) is 2.55. The van der Waals surface area contributed by atoms with E-state index in [0.717, 1.165) is 11.1 Å². The summed E-state index contributed by atoms with van der Waals surface area (Å²) in [6.45, 7) is 0. The third kappa shape index (κ3) is 6.18. The van der Waals surface area contributed by atoms with Crippen LogP contribution in [0.4, 0.5) is 0 Å². The third-order valence-electron chi connectivity index (χ3n) is 1.71. The second kappa shape index (κ2) is 10.7. The van der Waals surface area contributed by atoms with Crippen LogP contribution >= 0.6 is 0 Å².